The van der Waals surface area contributed by atoms with Gasteiger partial charge in [-0.2, -0.15) is 0 Å². The first-order valence-electron chi connectivity index (χ1n) is 12.8. The van der Waals surface area contributed by atoms with E-state index >= 15 is 0 Å². The molecule has 41 heavy (non-hydrogen) atoms. The highest BCUT2D eigenvalue weighted by Crippen LogP contribution is 2.46. The second kappa shape index (κ2) is 9.93. The monoisotopic (exact) mass is 566 g/mol. The highest BCUT2D eigenvalue weighted by molar-refractivity contribution is 6.03. The summed E-state index contributed by atoms with van der Waals surface area (Å²) in [6.45, 7) is 0.879. The number of ether oxygens (including phenoxy) is 4. The Kier molecular flexibility index (Phi) is 6.50. The molecule has 0 radical (unpaired) electrons. The van der Waals surface area contributed by atoms with Crippen molar-refractivity contribution in [1.82, 2.24) is 0 Å². The smallest absolute Gasteiger partial charge is 0.342 e. The Bertz CT molecular complexity index is 1570. The van der Waals surface area contributed by atoms with Crippen LogP contribution >= 0.6 is 0 Å². The number of ketones is 1. The van der Waals surface area contributed by atoms with Gasteiger partial charge in [0.05, 0.1) is 6.42 Å². The number of benzene rings is 3. The van der Waals surface area contributed by atoms with Crippen LogP contribution in [0.3, 0.4) is 0 Å². The minimum Gasteiger partial charge on any atom is -0.507 e. The van der Waals surface area contributed by atoms with Gasteiger partial charge in [-0.25, -0.2) is 4.79 Å². The second-order valence-electron chi connectivity index (χ2n) is 10.2. The molecule has 3 aromatic carbocycles. The Morgan fingerprint density at radius 2 is 1.54 bits per heavy atom. The Labute approximate surface area is 232 Å². The number of esters is 1. The molecule has 3 heterocycles. The maximum absolute atomic E-state index is 13.2. The van der Waals surface area contributed by atoms with Crippen LogP contribution < -0.4 is 9.47 Å². The van der Waals surface area contributed by atoms with Crippen molar-refractivity contribution in [2.75, 3.05) is 6.61 Å². The number of rotatable bonds is 0. The maximum Gasteiger partial charge on any atom is 0.342 e. The summed E-state index contributed by atoms with van der Waals surface area (Å²) < 4.78 is 22.8. The molecule has 1 saturated heterocycles. The fourth-order valence-electron chi connectivity index (χ4n) is 5.22. The largest absolute Gasteiger partial charge is 0.507 e. The number of fused-ring (bicyclic) bond motifs is 10. The summed E-state index contributed by atoms with van der Waals surface area (Å²) in [6, 6.07) is 9.94. The van der Waals surface area contributed by atoms with Gasteiger partial charge in [0, 0.05) is 17.2 Å². The lowest BCUT2D eigenvalue weighted by Crippen LogP contribution is -2.60. The van der Waals surface area contributed by atoms with E-state index in [0.29, 0.717) is 11.1 Å². The normalized spacial score (nSPS) is 27.2. The van der Waals surface area contributed by atoms with Gasteiger partial charge in [-0.1, -0.05) is 12.1 Å². The van der Waals surface area contributed by atoms with Crippen molar-refractivity contribution in [2.45, 2.75) is 50.2 Å². The number of carbonyl (C=O) groups is 2. The van der Waals surface area contributed by atoms with E-state index in [1.54, 1.807) is 12.1 Å². The number of aromatic hydroxyl groups is 3. The van der Waals surface area contributed by atoms with E-state index in [2.05, 4.69) is 0 Å². The van der Waals surface area contributed by atoms with Gasteiger partial charge < -0.3 is 49.6 Å². The van der Waals surface area contributed by atoms with Gasteiger partial charge in [0.1, 0.15) is 77.0 Å². The molecule has 3 aromatic rings. The van der Waals surface area contributed by atoms with Gasteiger partial charge in [0.2, 0.25) is 6.29 Å². The topological polar surface area (TPSA) is 192 Å². The molecule has 12 heteroatoms. The molecular formula is C29H26O12. The lowest BCUT2D eigenvalue weighted by molar-refractivity contribution is -0.277. The van der Waals surface area contributed by atoms with Crippen LogP contribution in [0, 0.1) is 6.92 Å². The molecule has 0 aliphatic carbocycles. The zero-order valence-corrected chi connectivity index (χ0v) is 21.6. The number of hydrogen-bond acceptors (Lipinski definition) is 12. The van der Waals surface area contributed by atoms with E-state index in [-0.39, 0.29) is 45.9 Å². The molecule has 3 aliphatic rings. The standard InChI is InChI=1S/C29H26O12/c1-11-19-9-21-23(24(11)33)18(32)8-20(39-21)13-3-5-16(30)14(7-13)12-2-4-17(31)15(6-12)28(37)38-10-22-25(34)26(35)27(36)29(40-19)41-22/h2-7,9,20,22,25-27,29-31,33-36H,8,10H2,1H3/t20-,22+,25+,26+,27+,29+/m0/s1. The number of aliphatic hydroxyl groups is 3. The summed E-state index contributed by atoms with van der Waals surface area (Å²) in [5.74, 6) is -2.37. The molecule has 0 saturated carbocycles. The van der Waals surface area contributed by atoms with Crippen LogP contribution in [0.5, 0.6) is 28.7 Å². The van der Waals surface area contributed by atoms with Gasteiger partial charge in [-0.3, -0.25) is 4.79 Å². The van der Waals surface area contributed by atoms with Crippen molar-refractivity contribution >= 4 is 11.8 Å². The van der Waals surface area contributed by atoms with E-state index in [1.807, 2.05) is 0 Å². The number of carbonyl (C=O) groups excluding carboxylic acids is 2. The number of phenols is 3. The molecule has 12 nitrogen and oxygen atoms in total. The van der Waals surface area contributed by atoms with Gasteiger partial charge in [0.15, 0.2) is 5.78 Å². The van der Waals surface area contributed by atoms with Crippen LogP contribution in [-0.2, 0) is 9.47 Å². The number of phenolic OH excluding ortho intramolecular Hbond substituents is 3. The van der Waals surface area contributed by atoms with Crippen molar-refractivity contribution in [3.8, 4) is 39.9 Å². The predicted octanol–water partition coefficient (Wildman–Crippen LogP) is 1.84. The third-order valence-corrected chi connectivity index (χ3v) is 7.60. The fourth-order valence-corrected chi connectivity index (χ4v) is 5.22. The van der Waals surface area contributed by atoms with Crippen LogP contribution in [0.4, 0.5) is 0 Å². The van der Waals surface area contributed by atoms with Crippen LogP contribution in [0.1, 0.15) is 44.4 Å². The Balaban J connectivity index is 1.51. The fraction of sp³-hybridized carbons (Fsp3) is 0.310. The molecule has 0 unspecified atom stereocenters. The van der Waals surface area contributed by atoms with Crippen molar-refractivity contribution in [3.05, 3.63) is 64.7 Å². The lowest BCUT2D eigenvalue weighted by atomic mass is 9.92. The quantitative estimate of drug-likeness (QED) is 0.217. The van der Waals surface area contributed by atoms with Crippen molar-refractivity contribution < 1.29 is 59.2 Å². The van der Waals surface area contributed by atoms with Crippen LogP contribution in [0.25, 0.3) is 11.1 Å². The summed E-state index contributed by atoms with van der Waals surface area (Å²) in [4.78, 5) is 26.1. The molecule has 6 atom stereocenters. The summed E-state index contributed by atoms with van der Waals surface area (Å²) in [7, 11) is 0. The predicted molar refractivity (Wildman–Crippen MR) is 138 cm³/mol. The maximum atomic E-state index is 13.2. The first-order chi connectivity index (χ1) is 19.5. The van der Waals surface area contributed by atoms with E-state index in [0.717, 1.165) is 0 Å². The van der Waals surface area contributed by atoms with Gasteiger partial charge in [-0.05, 0) is 42.3 Å². The molecule has 0 aromatic heterocycles. The highest BCUT2D eigenvalue weighted by Gasteiger charge is 2.46. The third-order valence-electron chi connectivity index (χ3n) is 7.60. The number of Topliss-reactive ketones (excluding diaryl/α,β-unsaturated/α-hetero) is 1. The highest BCUT2D eigenvalue weighted by atomic mass is 16.7. The van der Waals surface area contributed by atoms with Crippen LogP contribution in [0.15, 0.2) is 42.5 Å². The first-order valence-corrected chi connectivity index (χ1v) is 12.8. The number of aliphatic hydroxyl groups excluding tert-OH is 3. The molecule has 0 spiro atoms. The minimum absolute atomic E-state index is 0.00312. The summed E-state index contributed by atoms with van der Waals surface area (Å²) in [6.07, 6.45) is -9.09. The Morgan fingerprint density at radius 1 is 0.805 bits per heavy atom. The lowest BCUT2D eigenvalue weighted by Gasteiger charge is -2.40. The van der Waals surface area contributed by atoms with E-state index in [9.17, 15) is 40.2 Å². The van der Waals surface area contributed by atoms with Gasteiger partial charge in [-0.15, -0.1) is 0 Å². The van der Waals surface area contributed by atoms with Crippen molar-refractivity contribution in [2.24, 2.45) is 0 Å². The van der Waals surface area contributed by atoms with Gasteiger partial charge in [0.25, 0.3) is 0 Å². The average molecular weight is 567 g/mol. The van der Waals surface area contributed by atoms with E-state index < -0.39 is 66.7 Å². The summed E-state index contributed by atoms with van der Waals surface area (Å²) in [5.41, 5.74) is 0.961. The van der Waals surface area contributed by atoms with Crippen molar-refractivity contribution in [3.63, 3.8) is 0 Å². The summed E-state index contributed by atoms with van der Waals surface area (Å²) >= 11 is 0. The van der Waals surface area contributed by atoms with Gasteiger partial charge >= 0.3 is 5.97 Å². The number of hydrogen-bond donors (Lipinski definition) is 6. The molecule has 9 bridgehead atoms. The third kappa shape index (κ3) is 4.50. The molecule has 6 N–H and O–H groups in total. The molecule has 3 aliphatic heterocycles. The zero-order chi connectivity index (χ0) is 29.2. The van der Waals surface area contributed by atoms with Crippen LogP contribution in [0.2, 0.25) is 0 Å². The van der Waals surface area contributed by atoms with Crippen molar-refractivity contribution in [1.29, 1.82) is 0 Å². The molecule has 1 fully saturated rings. The molecule has 6 rings (SSSR count). The number of cyclic esters (lactones) is 1. The van der Waals surface area contributed by atoms with E-state index in [4.69, 9.17) is 18.9 Å². The second-order valence-corrected chi connectivity index (χ2v) is 10.2. The Morgan fingerprint density at radius 3 is 2.32 bits per heavy atom. The molecule has 0 amide bonds. The minimum atomic E-state index is -1.76. The molecular weight excluding hydrogens is 540 g/mol. The van der Waals surface area contributed by atoms with Crippen LogP contribution in [-0.4, -0.2) is 79.7 Å². The zero-order valence-electron chi connectivity index (χ0n) is 21.6. The SMILES string of the molecule is Cc1c2cc3c(c1O)C(=O)C[C@H](O3)c1ccc(O)c(c1)-c1ccc(O)c(c1)C(=O)OC[C@H]1O[C@@H](O2)[C@H](O)[C@H](O)[C@@H]1O. The van der Waals surface area contributed by atoms with E-state index in [1.165, 1.54) is 37.3 Å². The summed E-state index contributed by atoms with van der Waals surface area (Å²) in [5, 5.41) is 63.4. The Hall–Kier alpha value is -4.36. The first kappa shape index (κ1) is 26.8. The average Bonchev–Trinajstić information content (AvgIpc) is 2.95. The molecule has 214 valence electrons.